The van der Waals surface area contributed by atoms with Crippen molar-refractivity contribution >= 4 is 6.16 Å². The van der Waals surface area contributed by atoms with Crippen molar-refractivity contribution in [2.75, 3.05) is 7.11 Å². The minimum Gasteiger partial charge on any atom is -0.438 e. The molecule has 3 atom stereocenters. The van der Waals surface area contributed by atoms with Crippen molar-refractivity contribution in [1.29, 1.82) is 0 Å². The van der Waals surface area contributed by atoms with Gasteiger partial charge in [-0.25, -0.2) is 4.79 Å². The van der Waals surface area contributed by atoms with Crippen molar-refractivity contribution < 1.29 is 14.3 Å². The molecule has 116 valence electrons. The Morgan fingerprint density at radius 2 is 1.90 bits per heavy atom. The summed E-state index contributed by atoms with van der Waals surface area (Å²) in [6.45, 7) is 10.9. The van der Waals surface area contributed by atoms with E-state index in [0.29, 0.717) is 23.7 Å². The molecule has 0 amide bonds. The molecule has 20 heavy (non-hydrogen) atoms. The second-order valence-electron chi connectivity index (χ2n) is 6.85. The van der Waals surface area contributed by atoms with Gasteiger partial charge in [0.15, 0.2) is 0 Å². The number of methoxy groups -OCH3 is 1. The minimum absolute atomic E-state index is 0.354. The molecule has 3 nitrogen and oxygen atoms in total. The first-order valence-electron chi connectivity index (χ1n) is 7.77. The lowest BCUT2D eigenvalue weighted by Crippen LogP contribution is -2.47. The Morgan fingerprint density at radius 1 is 1.25 bits per heavy atom. The maximum absolute atomic E-state index is 11.7. The van der Waals surface area contributed by atoms with E-state index in [9.17, 15) is 4.79 Å². The van der Waals surface area contributed by atoms with Crippen LogP contribution in [0.3, 0.4) is 0 Å². The molecule has 0 aromatic rings. The summed E-state index contributed by atoms with van der Waals surface area (Å²) in [6.07, 6.45) is 6.88. The average Bonchev–Trinajstić information content (AvgIpc) is 2.36. The molecule has 0 radical (unpaired) electrons. The van der Waals surface area contributed by atoms with Gasteiger partial charge in [0, 0.05) is 5.92 Å². The molecule has 1 saturated carbocycles. The molecule has 1 aliphatic rings. The number of allylic oxidation sites excluding steroid dienone is 1. The van der Waals surface area contributed by atoms with E-state index >= 15 is 0 Å². The predicted molar refractivity (Wildman–Crippen MR) is 81.5 cm³/mol. The van der Waals surface area contributed by atoms with E-state index in [2.05, 4.69) is 46.8 Å². The van der Waals surface area contributed by atoms with Gasteiger partial charge in [-0.3, -0.25) is 0 Å². The summed E-state index contributed by atoms with van der Waals surface area (Å²) >= 11 is 0. The zero-order valence-electron chi connectivity index (χ0n) is 13.8. The summed E-state index contributed by atoms with van der Waals surface area (Å²) in [5, 5.41) is 0. The van der Waals surface area contributed by atoms with Gasteiger partial charge in [0.2, 0.25) is 0 Å². The van der Waals surface area contributed by atoms with E-state index in [4.69, 9.17) is 9.47 Å². The normalized spacial score (nSPS) is 31.0. The highest BCUT2D eigenvalue weighted by molar-refractivity contribution is 5.60. The number of carbonyl (C=O) groups is 1. The van der Waals surface area contributed by atoms with Crippen LogP contribution in [0.15, 0.2) is 12.2 Å². The van der Waals surface area contributed by atoms with Gasteiger partial charge < -0.3 is 9.47 Å². The topological polar surface area (TPSA) is 35.5 Å². The summed E-state index contributed by atoms with van der Waals surface area (Å²) < 4.78 is 10.5. The van der Waals surface area contributed by atoms with Crippen LogP contribution in [0.25, 0.3) is 0 Å². The molecular weight excluding hydrogens is 252 g/mol. The van der Waals surface area contributed by atoms with Crippen molar-refractivity contribution in [3.05, 3.63) is 12.2 Å². The third-order valence-corrected chi connectivity index (χ3v) is 4.27. The second-order valence-corrected chi connectivity index (χ2v) is 6.85. The summed E-state index contributed by atoms with van der Waals surface area (Å²) in [6, 6.07) is 0. The SMILES string of the molecule is COC(=O)O[C@@]1(/C=C/C(C)C)C[C@H](C)CC[C@H]1C(C)C. The molecule has 1 rings (SSSR count). The highest BCUT2D eigenvalue weighted by atomic mass is 16.7. The van der Waals surface area contributed by atoms with Crippen LogP contribution >= 0.6 is 0 Å². The molecule has 0 saturated heterocycles. The summed E-state index contributed by atoms with van der Waals surface area (Å²) in [7, 11) is 1.37. The predicted octanol–water partition coefficient (Wildman–Crippen LogP) is 4.81. The third kappa shape index (κ3) is 4.26. The van der Waals surface area contributed by atoms with Crippen LogP contribution in [0.2, 0.25) is 0 Å². The zero-order valence-corrected chi connectivity index (χ0v) is 13.8. The summed E-state index contributed by atoms with van der Waals surface area (Å²) in [5.74, 6) is 1.83. The maximum Gasteiger partial charge on any atom is 0.508 e. The van der Waals surface area contributed by atoms with Crippen LogP contribution in [0.1, 0.15) is 53.9 Å². The molecule has 0 unspecified atom stereocenters. The fourth-order valence-corrected chi connectivity index (χ4v) is 3.30. The number of hydrogen-bond acceptors (Lipinski definition) is 3. The number of ether oxygens (including phenoxy) is 2. The lowest BCUT2D eigenvalue weighted by Gasteiger charge is -2.45. The first-order chi connectivity index (χ1) is 9.30. The van der Waals surface area contributed by atoms with Crippen LogP contribution in [-0.2, 0) is 9.47 Å². The van der Waals surface area contributed by atoms with Crippen molar-refractivity contribution in [3.8, 4) is 0 Å². The number of rotatable bonds is 4. The van der Waals surface area contributed by atoms with Gasteiger partial charge in [-0.15, -0.1) is 0 Å². The van der Waals surface area contributed by atoms with E-state index in [1.54, 1.807) is 0 Å². The van der Waals surface area contributed by atoms with Crippen LogP contribution in [-0.4, -0.2) is 18.9 Å². The smallest absolute Gasteiger partial charge is 0.438 e. The van der Waals surface area contributed by atoms with Gasteiger partial charge in [0.05, 0.1) is 7.11 Å². The van der Waals surface area contributed by atoms with Crippen LogP contribution < -0.4 is 0 Å². The van der Waals surface area contributed by atoms with Crippen LogP contribution in [0.5, 0.6) is 0 Å². The lowest BCUT2D eigenvalue weighted by atomic mass is 9.66. The third-order valence-electron chi connectivity index (χ3n) is 4.27. The van der Waals surface area contributed by atoms with Gasteiger partial charge in [-0.05, 0) is 36.7 Å². The quantitative estimate of drug-likeness (QED) is 0.548. The van der Waals surface area contributed by atoms with Crippen LogP contribution in [0.4, 0.5) is 4.79 Å². The Labute approximate surface area is 123 Å². The molecule has 0 N–H and O–H groups in total. The largest absolute Gasteiger partial charge is 0.508 e. The van der Waals surface area contributed by atoms with Gasteiger partial charge in [-0.1, -0.05) is 47.1 Å². The molecule has 0 bridgehead atoms. The monoisotopic (exact) mass is 282 g/mol. The Balaban J connectivity index is 3.11. The Kier molecular flexibility index (Phi) is 6.09. The molecule has 0 heterocycles. The van der Waals surface area contributed by atoms with E-state index in [1.807, 2.05) is 0 Å². The highest BCUT2D eigenvalue weighted by Crippen LogP contribution is 2.44. The zero-order chi connectivity index (χ0) is 15.3. The van der Waals surface area contributed by atoms with E-state index in [0.717, 1.165) is 12.8 Å². The minimum atomic E-state index is -0.571. The molecule has 1 aliphatic carbocycles. The van der Waals surface area contributed by atoms with Gasteiger partial charge in [-0.2, -0.15) is 0 Å². The second kappa shape index (κ2) is 7.14. The van der Waals surface area contributed by atoms with Crippen molar-refractivity contribution in [3.63, 3.8) is 0 Å². The molecule has 0 spiro atoms. The highest BCUT2D eigenvalue weighted by Gasteiger charge is 2.46. The van der Waals surface area contributed by atoms with Gasteiger partial charge in [0.1, 0.15) is 5.60 Å². The van der Waals surface area contributed by atoms with E-state index in [1.165, 1.54) is 13.5 Å². The molecule has 0 aromatic carbocycles. The lowest BCUT2D eigenvalue weighted by molar-refractivity contribution is -0.0754. The molecule has 0 aromatic heterocycles. The standard InChI is InChI=1S/C17H30O3/c1-12(2)9-10-17(20-16(18)19-6)11-14(5)7-8-15(17)13(3)4/h9-10,12-15H,7-8,11H2,1-6H3/b10-9+/t14-,15+,17+/m1/s1. The summed E-state index contributed by atoms with van der Waals surface area (Å²) in [4.78, 5) is 11.7. The molecule has 1 fully saturated rings. The fourth-order valence-electron chi connectivity index (χ4n) is 3.30. The van der Waals surface area contributed by atoms with Crippen molar-refractivity contribution in [2.45, 2.75) is 59.5 Å². The van der Waals surface area contributed by atoms with Crippen molar-refractivity contribution in [1.82, 2.24) is 0 Å². The first-order valence-corrected chi connectivity index (χ1v) is 7.77. The van der Waals surface area contributed by atoms with Gasteiger partial charge in [0.25, 0.3) is 0 Å². The Hall–Kier alpha value is -0.990. The first kappa shape index (κ1) is 17.1. The maximum atomic E-state index is 11.7. The molecule has 3 heteroatoms. The number of carbonyl (C=O) groups excluding carboxylic acids is 1. The van der Waals surface area contributed by atoms with Gasteiger partial charge >= 0.3 is 6.16 Å². The van der Waals surface area contributed by atoms with Crippen LogP contribution in [0, 0.1) is 23.7 Å². The number of hydrogen-bond donors (Lipinski definition) is 0. The average molecular weight is 282 g/mol. The Morgan fingerprint density at radius 3 is 2.40 bits per heavy atom. The summed E-state index contributed by atoms with van der Waals surface area (Å²) in [5.41, 5.74) is -0.511. The van der Waals surface area contributed by atoms with E-state index < -0.39 is 11.8 Å². The fraction of sp³-hybridized carbons (Fsp3) is 0.824. The molecule has 0 aliphatic heterocycles. The molecular formula is C17H30O3. The van der Waals surface area contributed by atoms with Crippen molar-refractivity contribution in [2.24, 2.45) is 23.7 Å². The van der Waals surface area contributed by atoms with E-state index in [-0.39, 0.29) is 0 Å². The Bertz CT molecular complexity index is 346.